The first-order valence-corrected chi connectivity index (χ1v) is 6.88. The van der Waals surface area contributed by atoms with Crippen molar-refractivity contribution in [3.63, 3.8) is 0 Å². The molecule has 0 saturated heterocycles. The molecule has 2 aromatic rings. The Kier molecular flexibility index (Phi) is 4.93. The van der Waals surface area contributed by atoms with Gasteiger partial charge in [0.1, 0.15) is 12.4 Å². The molecule has 0 saturated carbocycles. The number of benzene rings is 2. The van der Waals surface area contributed by atoms with Crippen LogP contribution in [0.2, 0.25) is 15.1 Å². The third-order valence-corrected chi connectivity index (χ3v) is 3.75. The maximum atomic E-state index is 13.7. The minimum atomic E-state index is -0.756. The number of esters is 1. The van der Waals surface area contributed by atoms with Crippen molar-refractivity contribution in [2.45, 2.75) is 6.61 Å². The van der Waals surface area contributed by atoms with E-state index in [-0.39, 0.29) is 38.5 Å². The van der Waals surface area contributed by atoms with Crippen LogP contribution in [0.15, 0.2) is 30.3 Å². The summed E-state index contributed by atoms with van der Waals surface area (Å²) in [4.78, 5) is 12.0. The average molecular weight is 349 g/mol. The Balaban J connectivity index is 2.18. The molecular weight excluding hydrogens is 340 g/mol. The van der Waals surface area contributed by atoms with E-state index in [2.05, 4.69) is 0 Å². The van der Waals surface area contributed by atoms with Crippen molar-refractivity contribution >= 4 is 46.5 Å². The number of nitrogens with two attached hydrogens (primary N) is 1. The van der Waals surface area contributed by atoms with Crippen molar-refractivity contribution < 1.29 is 13.9 Å². The lowest BCUT2D eigenvalue weighted by molar-refractivity contribution is 0.0469. The molecule has 0 aliphatic carbocycles. The van der Waals surface area contributed by atoms with Gasteiger partial charge in [-0.25, -0.2) is 9.18 Å². The van der Waals surface area contributed by atoms with Gasteiger partial charge in [0, 0.05) is 11.3 Å². The highest BCUT2D eigenvalue weighted by atomic mass is 35.5. The van der Waals surface area contributed by atoms with Crippen molar-refractivity contribution in [2.75, 3.05) is 5.73 Å². The number of carbonyl (C=O) groups is 1. The standard InChI is InChI=1S/C14H9Cl3FNO2/c15-10-3-1-2-7(13(10)18)6-21-14(20)9-4-8(19)5-11(16)12(9)17/h1-5H,6,19H2. The summed E-state index contributed by atoms with van der Waals surface area (Å²) in [5.74, 6) is -1.39. The molecule has 0 aromatic heterocycles. The van der Waals surface area contributed by atoms with Gasteiger partial charge >= 0.3 is 5.97 Å². The fourth-order valence-corrected chi connectivity index (χ4v) is 2.25. The van der Waals surface area contributed by atoms with Gasteiger partial charge in [-0.05, 0) is 18.2 Å². The topological polar surface area (TPSA) is 52.3 Å². The Bertz CT molecular complexity index is 707. The van der Waals surface area contributed by atoms with E-state index in [9.17, 15) is 9.18 Å². The lowest BCUT2D eigenvalue weighted by Crippen LogP contribution is -2.08. The first-order chi connectivity index (χ1) is 9.90. The van der Waals surface area contributed by atoms with Crippen LogP contribution in [0, 0.1) is 5.82 Å². The van der Waals surface area contributed by atoms with Crippen molar-refractivity contribution in [1.82, 2.24) is 0 Å². The maximum Gasteiger partial charge on any atom is 0.340 e. The molecule has 2 rings (SSSR count). The van der Waals surface area contributed by atoms with Gasteiger partial charge in [-0.2, -0.15) is 0 Å². The zero-order valence-corrected chi connectivity index (χ0v) is 12.8. The highest BCUT2D eigenvalue weighted by molar-refractivity contribution is 6.44. The molecule has 0 aliphatic heterocycles. The van der Waals surface area contributed by atoms with Crippen LogP contribution in [0.1, 0.15) is 15.9 Å². The molecule has 2 N–H and O–H groups in total. The van der Waals surface area contributed by atoms with Crippen LogP contribution in [0.3, 0.4) is 0 Å². The number of hydrogen-bond acceptors (Lipinski definition) is 3. The number of halogens is 4. The van der Waals surface area contributed by atoms with Crippen molar-refractivity contribution in [3.8, 4) is 0 Å². The molecule has 21 heavy (non-hydrogen) atoms. The molecule has 0 fully saturated rings. The van der Waals surface area contributed by atoms with Gasteiger partial charge in [-0.1, -0.05) is 46.9 Å². The minimum Gasteiger partial charge on any atom is -0.457 e. The summed E-state index contributed by atoms with van der Waals surface area (Å²) in [6.45, 7) is -0.284. The molecule has 3 nitrogen and oxygen atoms in total. The molecule has 7 heteroatoms. The smallest absolute Gasteiger partial charge is 0.340 e. The molecule has 0 radical (unpaired) electrons. The molecule has 0 bridgehead atoms. The van der Waals surface area contributed by atoms with E-state index in [0.29, 0.717) is 0 Å². The second-order valence-electron chi connectivity index (χ2n) is 4.15. The summed E-state index contributed by atoms with van der Waals surface area (Å²) in [6.07, 6.45) is 0. The van der Waals surface area contributed by atoms with Gasteiger partial charge in [0.05, 0.1) is 20.6 Å². The van der Waals surface area contributed by atoms with E-state index >= 15 is 0 Å². The van der Waals surface area contributed by atoms with Crippen molar-refractivity contribution in [2.24, 2.45) is 0 Å². The molecule has 0 aliphatic rings. The SMILES string of the molecule is Nc1cc(Cl)c(Cl)c(C(=O)OCc2cccc(Cl)c2F)c1. The van der Waals surface area contributed by atoms with Crippen LogP contribution in [-0.4, -0.2) is 5.97 Å². The van der Waals surface area contributed by atoms with Gasteiger partial charge < -0.3 is 10.5 Å². The van der Waals surface area contributed by atoms with Gasteiger partial charge in [0.2, 0.25) is 0 Å². The number of nitrogen functional groups attached to an aromatic ring is 1. The first kappa shape index (κ1) is 15.9. The highest BCUT2D eigenvalue weighted by Gasteiger charge is 2.17. The minimum absolute atomic E-state index is 0.0177. The largest absolute Gasteiger partial charge is 0.457 e. The van der Waals surface area contributed by atoms with Crippen LogP contribution in [-0.2, 0) is 11.3 Å². The summed E-state index contributed by atoms with van der Waals surface area (Å²) >= 11 is 17.4. The fourth-order valence-electron chi connectivity index (χ4n) is 1.64. The zero-order chi connectivity index (χ0) is 15.6. The summed E-state index contributed by atoms with van der Waals surface area (Å²) in [7, 11) is 0. The second kappa shape index (κ2) is 6.52. The summed E-state index contributed by atoms with van der Waals surface area (Å²) < 4.78 is 18.7. The van der Waals surface area contributed by atoms with Gasteiger partial charge in [0.15, 0.2) is 0 Å². The molecule has 110 valence electrons. The maximum absolute atomic E-state index is 13.7. The van der Waals surface area contributed by atoms with E-state index < -0.39 is 11.8 Å². The van der Waals surface area contributed by atoms with E-state index in [4.69, 9.17) is 45.3 Å². The van der Waals surface area contributed by atoms with Crippen LogP contribution < -0.4 is 5.73 Å². The predicted molar refractivity (Wildman–Crippen MR) is 81.4 cm³/mol. The number of carbonyl (C=O) groups excluding carboxylic acids is 1. The Hall–Kier alpha value is -1.49. The third-order valence-electron chi connectivity index (χ3n) is 2.66. The third kappa shape index (κ3) is 3.59. The number of hydrogen-bond donors (Lipinski definition) is 1. The molecule has 0 unspecified atom stereocenters. The Morgan fingerprint density at radius 3 is 2.62 bits per heavy atom. The Morgan fingerprint density at radius 2 is 1.90 bits per heavy atom. The molecule has 0 heterocycles. The average Bonchev–Trinajstić information content (AvgIpc) is 2.44. The lowest BCUT2D eigenvalue weighted by Gasteiger charge is -2.09. The van der Waals surface area contributed by atoms with Gasteiger partial charge in [-0.3, -0.25) is 0 Å². The molecular formula is C14H9Cl3FNO2. The normalized spacial score (nSPS) is 10.5. The van der Waals surface area contributed by atoms with E-state index in [1.54, 1.807) is 6.07 Å². The zero-order valence-electron chi connectivity index (χ0n) is 10.5. The van der Waals surface area contributed by atoms with Crippen LogP contribution in [0.5, 0.6) is 0 Å². The fraction of sp³-hybridized carbons (Fsp3) is 0.0714. The lowest BCUT2D eigenvalue weighted by atomic mass is 10.2. The van der Waals surface area contributed by atoms with Gasteiger partial charge in [-0.15, -0.1) is 0 Å². The Labute approximate surface area is 135 Å². The first-order valence-electron chi connectivity index (χ1n) is 5.74. The number of ether oxygens (including phenoxy) is 1. The van der Waals surface area contributed by atoms with Crippen LogP contribution in [0.25, 0.3) is 0 Å². The predicted octanol–water partition coefficient (Wildman–Crippen LogP) is 4.73. The quantitative estimate of drug-likeness (QED) is 0.644. The number of rotatable bonds is 3. The van der Waals surface area contributed by atoms with E-state index in [0.717, 1.165) is 0 Å². The summed E-state index contributed by atoms with van der Waals surface area (Å²) in [6, 6.07) is 7.17. The van der Waals surface area contributed by atoms with E-state index in [1.807, 2.05) is 0 Å². The van der Waals surface area contributed by atoms with Crippen molar-refractivity contribution in [3.05, 3.63) is 62.3 Å². The molecule has 0 spiro atoms. The van der Waals surface area contributed by atoms with Crippen molar-refractivity contribution in [1.29, 1.82) is 0 Å². The molecule has 0 atom stereocenters. The summed E-state index contributed by atoms with van der Waals surface area (Å²) in [5.41, 5.74) is 6.03. The summed E-state index contributed by atoms with van der Waals surface area (Å²) in [5, 5.41) is 0.119. The second-order valence-corrected chi connectivity index (χ2v) is 5.35. The monoisotopic (exact) mass is 347 g/mol. The molecule has 0 amide bonds. The Morgan fingerprint density at radius 1 is 1.19 bits per heavy atom. The molecule has 2 aromatic carbocycles. The van der Waals surface area contributed by atoms with Gasteiger partial charge in [0.25, 0.3) is 0 Å². The van der Waals surface area contributed by atoms with Crippen LogP contribution >= 0.6 is 34.8 Å². The van der Waals surface area contributed by atoms with Crippen LogP contribution in [0.4, 0.5) is 10.1 Å². The highest BCUT2D eigenvalue weighted by Crippen LogP contribution is 2.29. The van der Waals surface area contributed by atoms with E-state index in [1.165, 1.54) is 24.3 Å². The number of anilines is 1.